The summed E-state index contributed by atoms with van der Waals surface area (Å²) in [5.41, 5.74) is 1.31. The number of carbonyl (C=O) groups excluding carboxylic acids is 1. The molecule has 2 N–H and O–H groups in total. The van der Waals surface area contributed by atoms with E-state index in [1.165, 1.54) is 18.4 Å². The minimum Gasteiger partial charge on any atom is -0.355 e. The molecule has 1 saturated carbocycles. The fourth-order valence-electron chi connectivity index (χ4n) is 2.43. The predicted octanol–water partition coefficient (Wildman–Crippen LogP) is 2.07. The second kappa shape index (κ2) is 6.75. The molecular formula is C15H25N3O. The van der Waals surface area contributed by atoms with Gasteiger partial charge in [-0.25, -0.2) is 0 Å². The van der Waals surface area contributed by atoms with Crippen LogP contribution in [-0.4, -0.2) is 23.6 Å². The van der Waals surface area contributed by atoms with Crippen LogP contribution in [0.1, 0.15) is 44.7 Å². The number of hydrogen-bond donors (Lipinski definition) is 2. The molecule has 1 aromatic rings. The van der Waals surface area contributed by atoms with Crippen molar-refractivity contribution in [2.24, 2.45) is 5.92 Å². The predicted molar refractivity (Wildman–Crippen MR) is 76.9 cm³/mol. The van der Waals surface area contributed by atoms with Gasteiger partial charge in [0.25, 0.3) is 0 Å². The summed E-state index contributed by atoms with van der Waals surface area (Å²) in [5, 5.41) is 6.45. The smallest absolute Gasteiger partial charge is 0.239 e. The molecule has 19 heavy (non-hydrogen) atoms. The molecule has 0 radical (unpaired) electrons. The van der Waals surface area contributed by atoms with Crippen LogP contribution in [0.4, 0.5) is 0 Å². The van der Waals surface area contributed by atoms with E-state index in [2.05, 4.69) is 36.7 Å². The van der Waals surface area contributed by atoms with E-state index in [0.29, 0.717) is 12.6 Å². The molecule has 1 fully saturated rings. The molecule has 0 spiro atoms. The number of aromatic nitrogens is 1. The second-order valence-corrected chi connectivity index (χ2v) is 5.34. The summed E-state index contributed by atoms with van der Waals surface area (Å²) in [5.74, 6) is 0.875. The van der Waals surface area contributed by atoms with Crippen molar-refractivity contribution in [1.82, 2.24) is 15.2 Å². The maximum atomic E-state index is 11.7. The minimum absolute atomic E-state index is 0.0930. The first-order chi connectivity index (χ1) is 9.24. The van der Waals surface area contributed by atoms with Crippen LogP contribution in [0.25, 0.3) is 0 Å². The first-order valence-electron chi connectivity index (χ1n) is 7.40. The summed E-state index contributed by atoms with van der Waals surface area (Å²) in [6.45, 7) is 6.37. The van der Waals surface area contributed by atoms with E-state index < -0.39 is 0 Å². The van der Waals surface area contributed by atoms with Gasteiger partial charge in [-0.1, -0.05) is 13.8 Å². The fourth-order valence-corrected chi connectivity index (χ4v) is 2.43. The zero-order chi connectivity index (χ0) is 13.7. The number of nitrogens with one attached hydrogen (secondary N) is 2. The SMILES string of the molecule is CCCNC(=O)Cn1ccc(C(NCC)C2CC2)c1. The number of hydrogen-bond acceptors (Lipinski definition) is 2. The van der Waals surface area contributed by atoms with Crippen molar-refractivity contribution in [1.29, 1.82) is 0 Å². The van der Waals surface area contributed by atoms with Crippen molar-refractivity contribution in [3.05, 3.63) is 24.0 Å². The van der Waals surface area contributed by atoms with Gasteiger partial charge in [-0.2, -0.15) is 0 Å². The van der Waals surface area contributed by atoms with E-state index in [1.54, 1.807) is 0 Å². The van der Waals surface area contributed by atoms with E-state index in [-0.39, 0.29) is 5.91 Å². The normalized spacial score (nSPS) is 16.3. The highest BCUT2D eigenvalue weighted by molar-refractivity contribution is 5.75. The fraction of sp³-hybridized carbons (Fsp3) is 0.667. The zero-order valence-corrected chi connectivity index (χ0v) is 12.0. The molecule has 0 bridgehead atoms. The van der Waals surface area contributed by atoms with Crippen molar-refractivity contribution in [2.75, 3.05) is 13.1 Å². The van der Waals surface area contributed by atoms with Gasteiger partial charge in [0.05, 0.1) is 0 Å². The summed E-state index contributed by atoms with van der Waals surface area (Å²) >= 11 is 0. The minimum atomic E-state index is 0.0930. The largest absolute Gasteiger partial charge is 0.355 e. The molecule has 1 unspecified atom stereocenters. The Morgan fingerprint density at radius 1 is 1.47 bits per heavy atom. The Bertz CT molecular complexity index is 409. The lowest BCUT2D eigenvalue weighted by Crippen LogP contribution is -2.27. The molecule has 106 valence electrons. The van der Waals surface area contributed by atoms with Gasteiger partial charge in [-0.15, -0.1) is 0 Å². The first-order valence-corrected chi connectivity index (χ1v) is 7.40. The third-order valence-electron chi connectivity index (χ3n) is 3.55. The molecule has 1 heterocycles. The van der Waals surface area contributed by atoms with Gasteiger partial charge < -0.3 is 15.2 Å². The Morgan fingerprint density at radius 2 is 2.26 bits per heavy atom. The Kier molecular flexibility index (Phi) is 5.02. The highest BCUT2D eigenvalue weighted by Gasteiger charge is 2.32. The lowest BCUT2D eigenvalue weighted by atomic mass is 10.1. The van der Waals surface area contributed by atoms with Gasteiger partial charge in [-0.3, -0.25) is 4.79 Å². The lowest BCUT2D eigenvalue weighted by Gasteiger charge is -2.15. The molecule has 0 saturated heterocycles. The quantitative estimate of drug-likeness (QED) is 0.754. The van der Waals surface area contributed by atoms with E-state index >= 15 is 0 Å². The van der Waals surface area contributed by atoms with Crippen LogP contribution in [0.15, 0.2) is 18.5 Å². The zero-order valence-electron chi connectivity index (χ0n) is 12.0. The van der Waals surface area contributed by atoms with Gasteiger partial charge in [0, 0.05) is 25.0 Å². The topological polar surface area (TPSA) is 46.1 Å². The maximum Gasteiger partial charge on any atom is 0.239 e. The van der Waals surface area contributed by atoms with Gasteiger partial charge in [0.15, 0.2) is 0 Å². The summed E-state index contributed by atoms with van der Waals surface area (Å²) in [4.78, 5) is 11.7. The Hall–Kier alpha value is -1.29. The molecular weight excluding hydrogens is 238 g/mol. The van der Waals surface area contributed by atoms with Gasteiger partial charge in [0.1, 0.15) is 6.54 Å². The lowest BCUT2D eigenvalue weighted by molar-refractivity contribution is -0.121. The van der Waals surface area contributed by atoms with Crippen molar-refractivity contribution < 1.29 is 4.79 Å². The van der Waals surface area contributed by atoms with Crippen LogP contribution >= 0.6 is 0 Å². The Balaban J connectivity index is 1.91. The van der Waals surface area contributed by atoms with Crippen LogP contribution in [-0.2, 0) is 11.3 Å². The molecule has 1 aliphatic carbocycles. The average Bonchev–Trinajstić information content (AvgIpc) is 3.14. The van der Waals surface area contributed by atoms with Crippen LogP contribution < -0.4 is 10.6 Å². The molecule has 4 heteroatoms. The van der Waals surface area contributed by atoms with Gasteiger partial charge in [-0.05, 0) is 43.4 Å². The maximum absolute atomic E-state index is 11.7. The van der Waals surface area contributed by atoms with E-state index in [4.69, 9.17) is 0 Å². The third-order valence-corrected chi connectivity index (χ3v) is 3.55. The molecule has 0 aromatic carbocycles. The van der Waals surface area contributed by atoms with Gasteiger partial charge in [0.2, 0.25) is 5.91 Å². The van der Waals surface area contributed by atoms with Crippen molar-refractivity contribution >= 4 is 5.91 Å². The van der Waals surface area contributed by atoms with Crippen LogP contribution in [0, 0.1) is 5.92 Å². The molecule has 1 aliphatic rings. The second-order valence-electron chi connectivity index (χ2n) is 5.34. The summed E-state index contributed by atoms with van der Waals surface area (Å²) in [7, 11) is 0. The van der Waals surface area contributed by atoms with E-state index in [9.17, 15) is 4.79 Å². The monoisotopic (exact) mass is 263 g/mol. The van der Waals surface area contributed by atoms with Crippen LogP contribution in [0.2, 0.25) is 0 Å². The molecule has 2 rings (SSSR count). The van der Waals surface area contributed by atoms with Gasteiger partial charge >= 0.3 is 0 Å². The van der Waals surface area contributed by atoms with E-state index in [1.807, 2.05) is 10.8 Å². The highest BCUT2D eigenvalue weighted by Crippen LogP contribution is 2.40. The number of nitrogens with zero attached hydrogens (tertiary/aromatic N) is 1. The van der Waals surface area contributed by atoms with Crippen molar-refractivity contribution in [3.8, 4) is 0 Å². The highest BCUT2D eigenvalue weighted by atomic mass is 16.1. The molecule has 1 aromatic heterocycles. The van der Waals surface area contributed by atoms with E-state index in [0.717, 1.165) is 25.4 Å². The Labute approximate surface area is 115 Å². The molecule has 0 aliphatic heterocycles. The van der Waals surface area contributed by atoms with Crippen molar-refractivity contribution in [3.63, 3.8) is 0 Å². The summed E-state index contributed by atoms with van der Waals surface area (Å²) in [6.07, 6.45) is 7.73. The molecule has 1 amide bonds. The first kappa shape index (κ1) is 14.1. The standard InChI is InChI=1S/C15H25N3O/c1-3-8-17-14(19)11-18-9-7-13(10-18)15(16-4-2)12-5-6-12/h7,9-10,12,15-16H,3-6,8,11H2,1-2H3,(H,17,19). The van der Waals surface area contributed by atoms with Crippen LogP contribution in [0.3, 0.4) is 0 Å². The summed E-state index contributed by atoms with van der Waals surface area (Å²) < 4.78 is 1.98. The average molecular weight is 263 g/mol. The van der Waals surface area contributed by atoms with Crippen LogP contribution in [0.5, 0.6) is 0 Å². The Morgan fingerprint density at radius 3 is 2.89 bits per heavy atom. The number of amides is 1. The van der Waals surface area contributed by atoms with Crippen molar-refractivity contribution in [2.45, 2.75) is 45.7 Å². The molecule has 1 atom stereocenters. The third kappa shape index (κ3) is 4.10. The summed E-state index contributed by atoms with van der Waals surface area (Å²) in [6, 6.07) is 2.60. The number of carbonyl (C=O) groups is 1. The molecule has 4 nitrogen and oxygen atoms in total. The number of rotatable bonds is 8.